The molecule has 0 aliphatic heterocycles. The predicted molar refractivity (Wildman–Crippen MR) is 232 cm³/mol. The normalized spacial score (nSPS) is 11.9. The van der Waals surface area contributed by atoms with Crippen LogP contribution in [0, 0.1) is 0 Å². The molecule has 0 saturated carbocycles. The molecule has 0 aliphatic carbocycles. The van der Waals surface area contributed by atoms with Crippen molar-refractivity contribution in [3.8, 4) is 45.5 Å². The number of aromatic nitrogens is 5. The van der Waals surface area contributed by atoms with Gasteiger partial charge in [-0.25, -0.2) is 4.98 Å². The van der Waals surface area contributed by atoms with Crippen LogP contribution in [0.25, 0.3) is 111 Å². The lowest BCUT2D eigenvalue weighted by Crippen LogP contribution is -2.06. The summed E-state index contributed by atoms with van der Waals surface area (Å²) in [4.78, 5) is 15.6. The standard InChI is InChI=1S/C51H31N5O/c1-2-14-33(15-3-1)49-52-50(34-30-28-32(29-31-34)35-20-12-27-46-47(35)39-19-7-11-26-45(39)57-46)54-51(53-49)56-42-23-10-6-18-38(42)48-43(24-13-25-44(48)56)55-40-21-8-4-16-36(40)37-17-5-9-22-41(37)55/h1-31H. The van der Waals surface area contributed by atoms with Gasteiger partial charge in [0.1, 0.15) is 11.2 Å². The molecule has 4 heterocycles. The lowest BCUT2D eigenvalue weighted by Gasteiger charge is -2.12. The second kappa shape index (κ2) is 12.3. The molecule has 12 rings (SSSR count). The van der Waals surface area contributed by atoms with Gasteiger partial charge in [-0.2, -0.15) is 9.97 Å². The van der Waals surface area contributed by atoms with Crippen molar-refractivity contribution in [2.24, 2.45) is 0 Å². The SMILES string of the molecule is c1ccc(-c2nc(-c3ccc(-c4cccc5oc6ccccc6c45)cc3)nc(-n3c4ccccc4c4c(-n5c6ccccc6c6ccccc65)cccc43)n2)cc1. The molecule has 0 amide bonds. The summed E-state index contributed by atoms with van der Waals surface area (Å²) in [5.41, 5.74) is 11.3. The van der Waals surface area contributed by atoms with E-state index in [0.29, 0.717) is 17.6 Å². The highest BCUT2D eigenvalue weighted by molar-refractivity contribution is 6.16. The molecule has 12 aromatic rings. The first kappa shape index (κ1) is 31.5. The minimum Gasteiger partial charge on any atom is -0.456 e. The summed E-state index contributed by atoms with van der Waals surface area (Å²) < 4.78 is 10.8. The molecule has 0 atom stereocenters. The molecule has 0 fully saturated rings. The second-order valence-electron chi connectivity index (χ2n) is 14.4. The Bertz CT molecular complexity index is 3470. The molecular weight excluding hydrogens is 699 g/mol. The van der Waals surface area contributed by atoms with E-state index in [0.717, 1.165) is 82.7 Å². The van der Waals surface area contributed by atoms with Crippen molar-refractivity contribution < 1.29 is 4.42 Å². The fraction of sp³-hybridized carbons (Fsp3) is 0. The van der Waals surface area contributed by atoms with E-state index < -0.39 is 0 Å². The molecule has 0 radical (unpaired) electrons. The maximum atomic E-state index is 6.21. The van der Waals surface area contributed by atoms with Gasteiger partial charge in [0.25, 0.3) is 0 Å². The molecule has 57 heavy (non-hydrogen) atoms. The van der Waals surface area contributed by atoms with E-state index in [9.17, 15) is 0 Å². The van der Waals surface area contributed by atoms with E-state index in [-0.39, 0.29) is 0 Å². The molecule has 0 N–H and O–H groups in total. The third kappa shape index (κ3) is 4.81. The summed E-state index contributed by atoms with van der Waals surface area (Å²) in [5.74, 6) is 1.77. The molecule has 8 aromatic carbocycles. The van der Waals surface area contributed by atoms with E-state index in [2.05, 4.69) is 149 Å². The molecular formula is C51H31N5O. The number of nitrogens with zero attached hydrogens (tertiary/aromatic N) is 5. The van der Waals surface area contributed by atoms with Crippen molar-refractivity contribution in [3.05, 3.63) is 188 Å². The zero-order chi connectivity index (χ0) is 37.5. The van der Waals surface area contributed by atoms with Crippen LogP contribution in [-0.2, 0) is 0 Å². The highest BCUT2D eigenvalue weighted by Gasteiger charge is 2.22. The van der Waals surface area contributed by atoms with Gasteiger partial charge in [-0.15, -0.1) is 0 Å². The minimum atomic E-state index is 0.558. The first-order chi connectivity index (χ1) is 28.3. The summed E-state index contributed by atoms with van der Waals surface area (Å²) in [6, 6.07) is 65.5. The Morgan fingerprint density at radius 2 is 0.860 bits per heavy atom. The largest absolute Gasteiger partial charge is 0.456 e. The third-order valence-electron chi connectivity index (χ3n) is 11.2. The van der Waals surface area contributed by atoms with Crippen LogP contribution in [0.15, 0.2) is 192 Å². The number of fused-ring (bicyclic) bond motifs is 9. The van der Waals surface area contributed by atoms with Crippen molar-refractivity contribution in [1.29, 1.82) is 0 Å². The predicted octanol–water partition coefficient (Wildman–Crippen LogP) is 13.0. The zero-order valence-corrected chi connectivity index (χ0v) is 30.5. The molecule has 0 unspecified atom stereocenters. The van der Waals surface area contributed by atoms with Gasteiger partial charge in [0, 0.05) is 43.4 Å². The fourth-order valence-corrected chi connectivity index (χ4v) is 8.71. The number of hydrogen-bond donors (Lipinski definition) is 0. The molecule has 0 aliphatic rings. The Morgan fingerprint density at radius 1 is 0.333 bits per heavy atom. The topological polar surface area (TPSA) is 61.7 Å². The van der Waals surface area contributed by atoms with Crippen LogP contribution in [0.2, 0.25) is 0 Å². The Labute approximate surface area is 326 Å². The lowest BCUT2D eigenvalue weighted by molar-refractivity contribution is 0.669. The number of hydrogen-bond acceptors (Lipinski definition) is 4. The average molecular weight is 730 g/mol. The smallest absolute Gasteiger partial charge is 0.238 e. The summed E-state index contributed by atoms with van der Waals surface area (Å²) >= 11 is 0. The first-order valence-electron chi connectivity index (χ1n) is 19.1. The Balaban J connectivity index is 1.07. The second-order valence-corrected chi connectivity index (χ2v) is 14.4. The van der Waals surface area contributed by atoms with E-state index in [1.165, 1.54) is 10.8 Å². The van der Waals surface area contributed by atoms with E-state index in [1.807, 2.05) is 48.5 Å². The van der Waals surface area contributed by atoms with Gasteiger partial charge in [0.15, 0.2) is 11.6 Å². The van der Waals surface area contributed by atoms with Crippen LogP contribution >= 0.6 is 0 Å². The summed E-state index contributed by atoms with van der Waals surface area (Å²) in [7, 11) is 0. The van der Waals surface area contributed by atoms with Gasteiger partial charge in [-0.3, -0.25) is 4.57 Å². The summed E-state index contributed by atoms with van der Waals surface area (Å²) in [6.07, 6.45) is 0. The van der Waals surface area contributed by atoms with Gasteiger partial charge in [0.2, 0.25) is 5.95 Å². The molecule has 6 nitrogen and oxygen atoms in total. The van der Waals surface area contributed by atoms with Crippen LogP contribution in [0.3, 0.4) is 0 Å². The first-order valence-corrected chi connectivity index (χ1v) is 19.1. The highest BCUT2D eigenvalue weighted by Crippen LogP contribution is 2.41. The van der Waals surface area contributed by atoms with Crippen LogP contribution < -0.4 is 0 Å². The fourth-order valence-electron chi connectivity index (χ4n) is 8.71. The monoisotopic (exact) mass is 729 g/mol. The summed E-state index contributed by atoms with van der Waals surface area (Å²) in [5, 5.41) is 6.93. The van der Waals surface area contributed by atoms with Crippen LogP contribution in [0.4, 0.5) is 0 Å². The maximum Gasteiger partial charge on any atom is 0.238 e. The van der Waals surface area contributed by atoms with Crippen LogP contribution in [-0.4, -0.2) is 24.1 Å². The molecule has 4 aromatic heterocycles. The van der Waals surface area contributed by atoms with E-state index >= 15 is 0 Å². The lowest BCUT2D eigenvalue weighted by atomic mass is 9.98. The molecule has 0 spiro atoms. The Morgan fingerprint density at radius 3 is 1.58 bits per heavy atom. The molecule has 0 saturated heterocycles. The average Bonchev–Trinajstić information content (AvgIpc) is 3.95. The van der Waals surface area contributed by atoms with Gasteiger partial charge >= 0.3 is 0 Å². The van der Waals surface area contributed by atoms with Gasteiger partial charge in [-0.1, -0.05) is 146 Å². The molecule has 6 heteroatoms. The van der Waals surface area contributed by atoms with Crippen molar-refractivity contribution >= 4 is 65.6 Å². The number of rotatable bonds is 5. The molecule has 266 valence electrons. The Hall–Kier alpha value is -7.83. The quantitative estimate of drug-likeness (QED) is 0.177. The molecule has 0 bridgehead atoms. The zero-order valence-electron chi connectivity index (χ0n) is 30.5. The van der Waals surface area contributed by atoms with Crippen LogP contribution in [0.5, 0.6) is 0 Å². The third-order valence-corrected chi connectivity index (χ3v) is 11.2. The Kier molecular flexibility index (Phi) is 6.83. The van der Waals surface area contributed by atoms with E-state index in [1.54, 1.807) is 0 Å². The maximum absolute atomic E-state index is 6.21. The van der Waals surface area contributed by atoms with Gasteiger partial charge in [-0.05, 0) is 53.6 Å². The highest BCUT2D eigenvalue weighted by atomic mass is 16.3. The number of para-hydroxylation sites is 4. The number of benzene rings is 8. The van der Waals surface area contributed by atoms with Gasteiger partial charge < -0.3 is 8.98 Å². The number of furan rings is 1. The van der Waals surface area contributed by atoms with Crippen molar-refractivity contribution in [2.45, 2.75) is 0 Å². The minimum absolute atomic E-state index is 0.558. The summed E-state index contributed by atoms with van der Waals surface area (Å²) in [6.45, 7) is 0. The van der Waals surface area contributed by atoms with Gasteiger partial charge in [0.05, 0.1) is 27.8 Å². The van der Waals surface area contributed by atoms with Crippen LogP contribution in [0.1, 0.15) is 0 Å². The van der Waals surface area contributed by atoms with Crippen molar-refractivity contribution in [3.63, 3.8) is 0 Å². The van der Waals surface area contributed by atoms with E-state index in [4.69, 9.17) is 19.4 Å². The van der Waals surface area contributed by atoms with Crippen molar-refractivity contribution in [1.82, 2.24) is 24.1 Å². The van der Waals surface area contributed by atoms with Crippen molar-refractivity contribution in [2.75, 3.05) is 0 Å².